The topological polar surface area (TPSA) is 86.5 Å². The molecule has 1 aromatic carbocycles. The van der Waals surface area contributed by atoms with Crippen LogP contribution in [0.4, 0.5) is 5.13 Å². The van der Waals surface area contributed by atoms with E-state index in [1.807, 2.05) is 25.1 Å². The Morgan fingerprint density at radius 2 is 2.05 bits per heavy atom. The van der Waals surface area contributed by atoms with E-state index in [4.69, 9.17) is 15.2 Å². The lowest BCUT2D eigenvalue weighted by atomic mass is 10.1. The summed E-state index contributed by atoms with van der Waals surface area (Å²) in [4.78, 5) is 17.1. The van der Waals surface area contributed by atoms with Crippen molar-refractivity contribution in [2.45, 2.75) is 13.3 Å². The van der Waals surface area contributed by atoms with Gasteiger partial charge in [0.15, 0.2) is 16.6 Å². The van der Waals surface area contributed by atoms with Crippen LogP contribution < -0.4 is 20.5 Å². The van der Waals surface area contributed by atoms with Crippen LogP contribution in [0.3, 0.4) is 0 Å². The molecule has 0 spiro atoms. The van der Waals surface area contributed by atoms with Gasteiger partial charge in [-0.2, -0.15) is 0 Å². The molecule has 0 aliphatic heterocycles. The zero-order valence-electron chi connectivity index (χ0n) is 12.8. The summed E-state index contributed by atoms with van der Waals surface area (Å²) in [6.07, 6.45) is 0.282. The first-order chi connectivity index (χ1) is 10.6. The van der Waals surface area contributed by atoms with Crippen molar-refractivity contribution in [2.75, 3.05) is 26.1 Å². The number of methoxy groups -OCH3 is 2. The lowest BCUT2D eigenvalue weighted by Gasteiger charge is -2.08. The predicted molar refractivity (Wildman–Crippen MR) is 87.7 cm³/mol. The molecule has 0 aliphatic carbocycles. The molecule has 7 heteroatoms. The van der Waals surface area contributed by atoms with Gasteiger partial charge >= 0.3 is 0 Å². The maximum atomic E-state index is 11.6. The molecular weight excluding hydrogens is 302 g/mol. The molecule has 1 amide bonds. The summed E-state index contributed by atoms with van der Waals surface area (Å²) >= 11 is 1.43. The summed E-state index contributed by atoms with van der Waals surface area (Å²) in [6.45, 7) is 2.28. The van der Waals surface area contributed by atoms with Crippen LogP contribution in [0.1, 0.15) is 11.3 Å². The van der Waals surface area contributed by atoms with Gasteiger partial charge in [-0.3, -0.25) is 4.79 Å². The van der Waals surface area contributed by atoms with Crippen LogP contribution in [-0.2, 0) is 4.79 Å². The molecule has 2 aromatic rings. The van der Waals surface area contributed by atoms with Crippen LogP contribution in [0.2, 0.25) is 0 Å². The summed E-state index contributed by atoms with van der Waals surface area (Å²) in [5.74, 6) is 1.17. The Labute approximate surface area is 133 Å². The van der Waals surface area contributed by atoms with Crippen molar-refractivity contribution in [3.8, 4) is 22.8 Å². The third-order valence-corrected chi connectivity index (χ3v) is 3.96. The van der Waals surface area contributed by atoms with Gasteiger partial charge in [0.2, 0.25) is 5.91 Å². The van der Waals surface area contributed by atoms with E-state index < -0.39 is 0 Å². The molecule has 6 nitrogen and oxygen atoms in total. The predicted octanol–water partition coefficient (Wildman–Crippen LogP) is 2.42. The van der Waals surface area contributed by atoms with E-state index in [-0.39, 0.29) is 12.3 Å². The maximum Gasteiger partial charge on any atom is 0.227 e. The molecule has 0 radical (unpaired) electrons. The first kappa shape index (κ1) is 16.3. The van der Waals surface area contributed by atoms with Gasteiger partial charge in [0.05, 0.1) is 19.9 Å². The first-order valence-electron chi connectivity index (χ1n) is 6.78. The van der Waals surface area contributed by atoms with Gasteiger partial charge in [-0.05, 0) is 25.1 Å². The van der Waals surface area contributed by atoms with Crippen molar-refractivity contribution >= 4 is 22.4 Å². The number of rotatable bonds is 6. The summed E-state index contributed by atoms with van der Waals surface area (Å²) < 4.78 is 10.5. The van der Waals surface area contributed by atoms with Gasteiger partial charge in [0, 0.05) is 23.4 Å². The highest BCUT2D eigenvalue weighted by Crippen LogP contribution is 2.35. The minimum atomic E-state index is -0.130. The number of hydrogen-bond acceptors (Lipinski definition) is 6. The van der Waals surface area contributed by atoms with Crippen LogP contribution in [0.25, 0.3) is 11.3 Å². The summed E-state index contributed by atoms with van der Waals surface area (Å²) in [6, 6.07) is 5.61. The highest BCUT2D eigenvalue weighted by atomic mass is 32.1. The van der Waals surface area contributed by atoms with E-state index in [9.17, 15) is 4.79 Å². The number of nitrogens with two attached hydrogens (primary N) is 1. The van der Waals surface area contributed by atoms with Crippen molar-refractivity contribution in [1.29, 1.82) is 0 Å². The number of nitrogens with zero attached hydrogens (tertiary/aromatic N) is 1. The molecule has 3 N–H and O–H groups in total. The Balaban J connectivity index is 2.29. The molecule has 0 atom stereocenters. The number of amides is 1. The quantitative estimate of drug-likeness (QED) is 0.853. The zero-order valence-corrected chi connectivity index (χ0v) is 13.6. The van der Waals surface area contributed by atoms with Gasteiger partial charge in [0.1, 0.15) is 0 Å². The fourth-order valence-electron chi connectivity index (χ4n) is 2.01. The Morgan fingerprint density at radius 1 is 1.32 bits per heavy atom. The van der Waals surface area contributed by atoms with Crippen LogP contribution in [0.5, 0.6) is 11.5 Å². The van der Waals surface area contributed by atoms with Crippen LogP contribution >= 0.6 is 11.3 Å². The summed E-state index contributed by atoms with van der Waals surface area (Å²) in [5.41, 5.74) is 7.09. The molecule has 0 saturated heterocycles. The molecule has 22 heavy (non-hydrogen) atoms. The fraction of sp³-hybridized carbons (Fsp3) is 0.333. The maximum absolute atomic E-state index is 11.6. The zero-order chi connectivity index (χ0) is 16.1. The lowest BCUT2D eigenvalue weighted by molar-refractivity contribution is -0.116. The van der Waals surface area contributed by atoms with Crippen LogP contribution in [0, 0.1) is 6.92 Å². The van der Waals surface area contributed by atoms with Gasteiger partial charge in [-0.25, -0.2) is 4.98 Å². The number of aryl methyl sites for hydroxylation is 1. The molecule has 0 saturated carbocycles. The van der Waals surface area contributed by atoms with Crippen molar-refractivity contribution in [3.63, 3.8) is 0 Å². The molecule has 1 aromatic heterocycles. The van der Waals surface area contributed by atoms with Crippen LogP contribution in [0.15, 0.2) is 18.2 Å². The second-order valence-electron chi connectivity index (χ2n) is 4.58. The number of anilines is 1. The molecule has 1 heterocycles. The highest BCUT2D eigenvalue weighted by Gasteiger charge is 2.14. The van der Waals surface area contributed by atoms with E-state index in [0.29, 0.717) is 23.2 Å². The Kier molecular flexibility index (Phi) is 5.35. The Morgan fingerprint density at radius 3 is 2.68 bits per heavy atom. The second kappa shape index (κ2) is 7.24. The van der Waals surface area contributed by atoms with Gasteiger partial charge in [0.25, 0.3) is 0 Å². The Bertz CT molecular complexity index is 670. The summed E-state index contributed by atoms with van der Waals surface area (Å²) in [5, 5.41) is 3.33. The second-order valence-corrected chi connectivity index (χ2v) is 5.78. The number of benzene rings is 1. The Hall–Kier alpha value is -2.12. The number of carbonyl (C=O) groups excluding carboxylic acids is 1. The number of thiazole rings is 1. The van der Waals surface area contributed by atoms with Crippen molar-refractivity contribution in [3.05, 3.63) is 23.1 Å². The molecule has 118 valence electrons. The van der Waals surface area contributed by atoms with Gasteiger partial charge < -0.3 is 20.5 Å². The van der Waals surface area contributed by atoms with Crippen molar-refractivity contribution < 1.29 is 14.3 Å². The van der Waals surface area contributed by atoms with Crippen molar-refractivity contribution in [2.24, 2.45) is 5.73 Å². The number of hydrogen-bond donors (Lipinski definition) is 2. The smallest absolute Gasteiger partial charge is 0.227 e. The van der Waals surface area contributed by atoms with E-state index >= 15 is 0 Å². The third kappa shape index (κ3) is 3.55. The van der Waals surface area contributed by atoms with Gasteiger partial charge in [-0.1, -0.05) is 0 Å². The number of ether oxygens (including phenoxy) is 2. The molecule has 0 bridgehead atoms. The fourth-order valence-corrected chi connectivity index (χ4v) is 2.87. The number of carbonyl (C=O) groups is 1. The monoisotopic (exact) mass is 321 g/mol. The number of nitrogens with one attached hydrogen (secondary N) is 1. The largest absolute Gasteiger partial charge is 0.493 e. The lowest BCUT2D eigenvalue weighted by Crippen LogP contribution is -2.15. The minimum absolute atomic E-state index is 0.130. The van der Waals surface area contributed by atoms with Crippen molar-refractivity contribution in [1.82, 2.24) is 4.98 Å². The number of aromatic nitrogens is 1. The standard InChI is InChI=1S/C15H19N3O3S/c1-9-14(18-15(22-9)17-13(19)6-7-16)10-4-5-11(20-2)12(8-10)21-3/h4-5,8H,6-7,16H2,1-3H3,(H,17,18,19). The molecular formula is C15H19N3O3S. The average Bonchev–Trinajstić information content (AvgIpc) is 2.87. The molecule has 0 aliphatic rings. The highest BCUT2D eigenvalue weighted by molar-refractivity contribution is 7.16. The third-order valence-electron chi connectivity index (χ3n) is 3.07. The van der Waals surface area contributed by atoms with E-state index in [0.717, 1.165) is 16.1 Å². The van der Waals surface area contributed by atoms with Gasteiger partial charge in [-0.15, -0.1) is 11.3 Å². The normalized spacial score (nSPS) is 10.4. The first-order valence-corrected chi connectivity index (χ1v) is 7.60. The van der Waals surface area contributed by atoms with E-state index in [1.165, 1.54) is 11.3 Å². The summed E-state index contributed by atoms with van der Waals surface area (Å²) in [7, 11) is 3.19. The molecule has 0 unspecified atom stereocenters. The average molecular weight is 321 g/mol. The SMILES string of the molecule is COc1ccc(-c2nc(NC(=O)CCN)sc2C)cc1OC. The molecule has 2 rings (SSSR count). The van der Waals surface area contributed by atoms with E-state index in [1.54, 1.807) is 14.2 Å². The van der Waals surface area contributed by atoms with E-state index in [2.05, 4.69) is 10.3 Å². The minimum Gasteiger partial charge on any atom is -0.493 e. The van der Waals surface area contributed by atoms with Crippen LogP contribution in [-0.4, -0.2) is 31.7 Å². The molecule has 0 fully saturated rings.